The average Bonchev–Trinajstić information content (AvgIpc) is 2.68. The number of hydrogen-bond donors (Lipinski definition) is 4. The Morgan fingerprint density at radius 2 is 1.34 bits per heavy atom. The van der Waals surface area contributed by atoms with Gasteiger partial charge in [0, 0.05) is 38.8 Å². The highest BCUT2D eigenvalue weighted by Crippen LogP contribution is 2.14. The second-order valence-electron chi connectivity index (χ2n) is 7.34. The second-order valence-corrected chi connectivity index (χ2v) is 7.34. The summed E-state index contributed by atoms with van der Waals surface area (Å²) < 4.78 is 0. The van der Waals surface area contributed by atoms with Crippen molar-refractivity contribution < 1.29 is 35.4 Å². The smallest absolute Gasteiger partial charge is 0.317 e. The van der Waals surface area contributed by atoms with Crippen LogP contribution < -0.4 is 5.73 Å². The molecule has 1 aromatic carbocycles. The van der Waals surface area contributed by atoms with Crippen molar-refractivity contribution in [2.45, 2.75) is 12.5 Å². The summed E-state index contributed by atoms with van der Waals surface area (Å²) in [6.45, 7) is 1.42. The molecule has 0 spiro atoms. The normalized spacial score (nSPS) is 19.8. The largest absolute Gasteiger partial charge is 0.480 e. The van der Waals surface area contributed by atoms with Crippen molar-refractivity contribution in [1.82, 2.24) is 14.7 Å². The van der Waals surface area contributed by atoms with Crippen LogP contribution in [0.3, 0.4) is 0 Å². The molecular formula is C19H29N4O6+. The molecule has 1 aliphatic heterocycles. The van der Waals surface area contributed by atoms with Crippen molar-refractivity contribution in [3.05, 3.63) is 29.8 Å². The van der Waals surface area contributed by atoms with E-state index in [2.05, 4.69) is 5.73 Å². The van der Waals surface area contributed by atoms with E-state index in [1.165, 1.54) is 0 Å². The van der Waals surface area contributed by atoms with E-state index in [4.69, 9.17) is 5.11 Å². The summed E-state index contributed by atoms with van der Waals surface area (Å²) in [5.41, 5.74) is 5.75. The van der Waals surface area contributed by atoms with Crippen molar-refractivity contribution in [3.8, 4) is 0 Å². The van der Waals surface area contributed by atoms with Crippen LogP contribution in [-0.4, -0.2) is 106 Å². The molecule has 1 saturated heterocycles. The quantitative estimate of drug-likeness (QED) is 0.408. The summed E-state index contributed by atoms with van der Waals surface area (Å²) in [7, 11) is 0. The molecular weight excluding hydrogens is 380 g/mol. The minimum atomic E-state index is -0.975. The van der Waals surface area contributed by atoms with E-state index >= 15 is 0 Å². The lowest BCUT2D eigenvalue weighted by Gasteiger charge is -2.33. The molecule has 2 rings (SSSR count). The number of benzene rings is 1. The molecule has 0 aromatic heterocycles. The van der Waals surface area contributed by atoms with Gasteiger partial charge < -0.3 is 21.1 Å². The molecule has 160 valence electrons. The van der Waals surface area contributed by atoms with E-state index in [1.54, 1.807) is 14.7 Å². The Balaban J connectivity index is 2.26. The highest BCUT2D eigenvalue weighted by atomic mass is 16.4. The molecule has 1 unspecified atom stereocenters. The van der Waals surface area contributed by atoms with Gasteiger partial charge in [-0.2, -0.15) is 0 Å². The van der Waals surface area contributed by atoms with Gasteiger partial charge in [-0.15, -0.1) is 0 Å². The van der Waals surface area contributed by atoms with Crippen LogP contribution in [0.5, 0.6) is 0 Å². The van der Waals surface area contributed by atoms with E-state index in [9.17, 15) is 24.6 Å². The highest BCUT2D eigenvalue weighted by Gasteiger charge is 2.27. The molecule has 10 nitrogen and oxygen atoms in total. The zero-order chi connectivity index (χ0) is 21.4. The van der Waals surface area contributed by atoms with Crippen molar-refractivity contribution in [2.24, 2.45) is 0 Å². The van der Waals surface area contributed by atoms with E-state index in [-0.39, 0.29) is 25.7 Å². The lowest BCUT2D eigenvalue weighted by atomic mass is 10.0. The molecule has 0 amide bonds. The summed E-state index contributed by atoms with van der Waals surface area (Å²) >= 11 is 0. The zero-order valence-electron chi connectivity index (χ0n) is 16.4. The monoisotopic (exact) mass is 409 g/mol. The fraction of sp³-hybridized carbons (Fsp3) is 0.526. The Hall–Kier alpha value is -2.53. The topological polar surface area (TPSA) is 149 Å². The van der Waals surface area contributed by atoms with Gasteiger partial charge in [0.15, 0.2) is 0 Å². The zero-order valence-corrected chi connectivity index (χ0v) is 16.4. The first-order valence-electron chi connectivity index (χ1n) is 9.48. The molecule has 1 aromatic rings. The van der Waals surface area contributed by atoms with Crippen molar-refractivity contribution >= 4 is 23.6 Å². The highest BCUT2D eigenvalue weighted by molar-refractivity contribution is 5.70. The van der Waals surface area contributed by atoms with Crippen LogP contribution in [-0.2, 0) is 20.8 Å². The van der Waals surface area contributed by atoms with Crippen LogP contribution in [0.15, 0.2) is 24.3 Å². The summed E-state index contributed by atoms with van der Waals surface area (Å²) in [5.74, 6) is -2.92. The first-order valence-corrected chi connectivity index (χ1v) is 9.48. The minimum Gasteiger partial charge on any atom is -0.480 e. The number of carboxylic acids is 3. The fourth-order valence-electron chi connectivity index (χ4n) is 3.56. The van der Waals surface area contributed by atoms with Gasteiger partial charge in [-0.1, -0.05) is 12.1 Å². The van der Waals surface area contributed by atoms with Gasteiger partial charge in [-0.05, 0) is 24.1 Å². The van der Waals surface area contributed by atoms with Gasteiger partial charge in [0.25, 0.3) is 0 Å². The number of hydrogen-bond acceptors (Lipinski definition) is 6. The maximum absolute atomic E-state index is 11.4. The van der Waals surface area contributed by atoms with E-state index in [0.717, 1.165) is 11.3 Å². The predicted molar refractivity (Wildman–Crippen MR) is 104 cm³/mol. The van der Waals surface area contributed by atoms with Gasteiger partial charge in [0.2, 0.25) is 0 Å². The van der Waals surface area contributed by atoms with Crippen LogP contribution >= 0.6 is 0 Å². The fourth-order valence-corrected chi connectivity index (χ4v) is 3.56. The van der Waals surface area contributed by atoms with Gasteiger partial charge >= 0.3 is 17.9 Å². The summed E-state index contributed by atoms with van der Waals surface area (Å²) in [4.78, 5) is 39.2. The third-order valence-corrected chi connectivity index (χ3v) is 4.97. The summed E-state index contributed by atoms with van der Waals surface area (Å²) in [5, 5.41) is 27.8. The molecule has 1 heterocycles. The number of aliphatic carboxylic acids is 3. The molecule has 0 bridgehead atoms. The molecule has 1 atom stereocenters. The predicted octanol–water partition coefficient (Wildman–Crippen LogP) is -1.36. The summed E-state index contributed by atoms with van der Waals surface area (Å²) in [6.07, 6.45) is 0.558. The van der Waals surface area contributed by atoms with Crippen LogP contribution in [0.4, 0.5) is 5.69 Å². The maximum atomic E-state index is 11.4. The van der Waals surface area contributed by atoms with Crippen LogP contribution in [0.2, 0.25) is 0 Å². The van der Waals surface area contributed by atoms with Crippen molar-refractivity contribution in [2.75, 3.05) is 52.4 Å². The Morgan fingerprint density at radius 3 is 1.93 bits per heavy atom. The van der Waals surface area contributed by atoms with E-state index in [0.29, 0.717) is 39.1 Å². The molecule has 0 radical (unpaired) electrons. The Kier molecular flexibility index (Phi) is 8.52. The summed E-state index contributed by atoms with van der Waals surface area (Å²) in [6, 6.07) is 7.43. The molecule has 0 aliphatic carbocycles. The lowest BCUT2D eigenvalue weighted by molar-refractivity contribution is -0.254. The van der Waals surface area contributed by atoms with E-state index < -0.39 is 17.9 Å². The third kappa shape index (κ3) is 8.16. The molecule has 10 heteroatoms. The van der Waals surface area contributed by atoms with Gasteiger partial charge in [0.05, 0.1) is 19.6 Å². The molecule has 1 aliphatic rings. The van der Waals surface area contributed by atoms with E-state index in [1.807, 2.05) is 24.3 Å². The van der Waals surface area contributed by atoms with Crippen LogP contribution in [0.25, 0.3) is 0 Å². The van der Waals surface area contributed by atoms with Gasteiger partial charge in [-0.3, -0.25) is 29.1 Å². The molecule has 6 N–H and O–H groups in total. The van der Waals surface area contributed by atoms with Crippen LogP contribution in [0, 0.1) is 0 Å². The first-order chi connectivity index (χ1) is 13.7. The standard InChI is InChI=1S/C19H28N4O6/c20-15-3-1-14(2-4-15)9-16-10-22(12-18(26)27)6-5-21(11-17(24)25)7-8-23(16)13-19(28)29/h1-4,16H,5-13,20H2,(H,24,25)(H,26,27)(H,28,29)/p+1. The van der Waals surface area contributed by atoms with Crippen LogP contribution in [0.1, 0.15) is 5.56 Å². The SMILES string of the molecule is [NH3+]c1ccc(CC2CN(CC(=O)O)CCN(CC(=O)O)CCN2CC(=O)O)cc1. The molecule has 1 fully saturated rings. The van der Waals surface area contributed by atoms with Crippen molar-refractivity contribution in [3.63, 3.8) is 0 Å². The molecule has 29 heavy (non-hydrogen) atoms. The Bertz CT molecular complexity index is 711. The number of carboxylic acid groups (broad SMARTS) is 3. The molecule has 0 saturated carbocycles. The van der Waals surface area contributed by atoms with Crippen molar-refractivity contribution in [1.29, 1.82) is 0 Å². The van der Waals surface area contributed by atoms with Gasteiger partial charge in [0.1, 0.15) is 5.69 Å². The number of quaternary nitrogens is 1. The maximum Gasteiger partial charge on any atom is 0.317 e. The number of nitrogens with zero attached hydrogens (tertiary/aromatic N) is 3. The Morgan fingerprint density at radius 1 is 0.828 bits per heavy atom. The third-order valence-electron chi connectivity index (χ3n) is 4.97. The Labute approximate surface area is 169 Å². The average molecular weight is 409 g/mol. The lowest BCUT2D eigenvalue weighted by Crippen LogP contribution is -2.49. The second kappa shape index (κ2) is 10.9. The number of rotatable bonds is 8. The first kappa shape index (κ1) is 22.8. The van der Waals surface area contributed by atoms with Gasteiger partial charge in [-0.25, -0.2) is 0 Å². The minimum absolute atomic E-state index is 0.169. The number of carbonyl (C=O) groups is 3.